The Labute approximate surface area is 176 Å². The Morgan fingerprint density at radius 3 is 2.93 bits per heavy atom. The molecule has 6 nitrogen and oxygen atoms in total. The third-order valence-electron chi connectivity index (χ3n) is 4.05. The first-order valence-corrected chi connectivity index (χ1v) is 11.2. The van der Waals surface area contributed by atoms with Crippen LogP contribution in [0.15, 0.2) is 34.0 Å². The van der Waals surface area contributed by atoms with Gasteiger partial charge in [-0.15, -0.1) is 21.5 Å². The van der Waals surface area contributed by atoms with E-state index in [1.807, 2.05) is 13.0 Å². The summed E-state index contributed by atoms with van der Waals surface area (Å²) in [6, 6.07) is 9.97. The van der Waals surface area contributed by atoms with Gasteiger partial charge in [-0.25, -0.2) is 0 Å². The van der Waals surface area contributed by atoms with Gasteiger partial charge in [-0.05, 0) is 42.8 Å². The molecule has 2 N–H and O–H groups in total. The number of nitrogens with one attached hydrogen (secondary N) is 2. The number of hydrogen-bond acceptors (Lipinski definition) is 8. The molecular formula is C19H19N5OS3. The summed E-state index contributed by atoms with van der Waals surface area (Å²) in [5, 5.41) is 26.3. The molecule has 2 aromatic heterocycles. The van der Waals surface area contributed by atoms with Crippen LogP contribution >= 0.6 is 34.4 Å². The van der Waals surface area contributed by atoms with Gasteiger partial charge in [-0.1, -0.05) is 48.2 Å². The van der Waals surface area contributed by atoms with Gasteiger partial charge in [0.05, 0.1) is 10.8 Å². The number of para-hydroxylation sites is 1. The number of aromatic nitrogens is 2. The summed E-state index contributed by atoms with van der Waals surface area (Å²) in [6.45, 7) is 5.99. The highest BCUT2D eigenvalue weighted by Gasteiger charge is 2.19. The van der Waals surface area contributed by atoms with Crippen LogP contribution in [0.4, 0.5) is 15.8 Å². The standard InChI is InChI=1S/C19H19N5OS3/c1-4-13-7-5-6-11(2)15(13)21-18-23-24-19(28-18)27-12(3)16(25)22-17-14(10-20)8-9-26-17/h5-9,12H,4H2,1-3H3,(H,21,23)(H,22,25). The van der Waals surface area contributed by atoms with E-state index in [0.717, 1.165) is 17.7 Å². The van der Waals surface area contributed by atoms with Crippen molar-refractivity contribution in [1.82, 2.24) is 10.2 Å². The van der Waals surface area contributed by atoms with Crippen molar-refractivity contribution in [2.24, 2.45) is 0 Å². The van der Waals surface area contributed by atoms with Crippen LogP contribution in [0.5, 0.6) is 0 Å². The van der Waals surface area contributed by atoms with Gasteiger partial charge in [0.2, 0.25) is 11.0 Å². The summed E-state index contributed by atoms with van der Waals surface area (Å²) in [6.07, 6.45) is 0.926. The molecule has 1 amide bonds. The number of aryl methyl sites for hydroxylation is 2. The minimum absolute atomic E-state index is 0.166. The minimum atomic E-state index is -0.362. The number of nitrogens with zero attached hydrogens (tertiary/aromatic N) is 3. The van der Waals surface area contributed by atoms with Crippen molar-refractivity contribution < 1.29 is 4.79 Å². The van der Waals surface area contributed by atoms with Crippen LogP contribution in [0.2, 0.25) is 0 Å². The van der Waals surface area contributed by atoms with E-state index >= 15 is 0 Å². The van der Waals surface area contributed by atoms with Gasteiger partial charge in [0, 0.05) is 5.69 Å². The van der Waals surface area contributed by atoms with Crippen LogP contribution in [0.25, 0.3) is 0 Å². The zero-order valence-electron chi connectivity index (χ0n) is 15.6. The lowest BCUT2D eigenvalue weighted by Crippen LogP contribution is -2.22. The first kappa shape index (κ1) is 20.3. The van der Waals surface area contributed by atoms with Crippen LogP contribution in [-0.2, 0) is 11.2 Å². The number of nitriles is 1. The number of thioether (sulfide) groups is 1. The molecular weight excluding hydrogens is 410 g/mol. The maximum atomic E-state index is 12.4. The largest absolute Gasteiger partial charge is 0.330 e. The Morgan fingerprint density at radius 2 is 2.18 bits per heavy atom. The normalized spacial score (nSPS) is 11.6. The average molecular weight is 430 g/mol. The van der Waals surface area contributed by atoms with Crippen molar-refractivity contribution in [3.05, 3.63) is 46.3 Å². The molecule has 0 spiro atoms. The summed E-state index contributed by atoms with van der Waals surface area (Å²) in [5.74, 6) is -0.166. The number of carbonyl (C=O) groups is 1. The van der Waals surface area contributed by atoms with Gasteiger partial charge in [0.15, 0.2) is 4.34 Å². The highest BCUT2D eigenvalue weighted by molar-refractivity contribution is 8.02. The molecule has 1 unspecified atom stereocenters. The maximum Gasteiger partial charge on any atom is 0.238 e. The number of hydrogen-bond donors (Lipinski definition) is 2. The lowest BCUT2D eigenvalue weighted by molar-refractivity contribution is -0.115. The second-order valence-corrected chi connectivity index (χ2v) is 9.47. The predicted molar refractivity (Wildman–Crippen MR) is 117 cm³/mol. The van der Waals surface area contributed by atoms with E-state index in [9.17, 15) is 4.79 Å². The first-order chi connectivity index (χ1) is 13.5. The number of thiophene rings is 1. The Balaban J connectivity index is 1.64. The Hall–Kier alpha value is -2.41. The van der Waals surface area contributed by atoms with E-state index in [4.69, 9.17) is 5.26 Å². The summed E-state index contributed by atoms with van der Waals surface area (Å²) in [4.78, 5) is 12.4. The van der Waals surface area contributed by atoms with Crippen molar-refractivity contribution in [1.29, 1.82) is 5.26 Å². The number of benzene rings is 1. The summed E-state index contributed by atoms with van der Waals surface area (Å²) >= 11 is 4.10. The fourth-order valence-electron chi connectivity index (χ4n) is 2.53. The monoisotopic (exact) mass is 429 g/mol. The molecule has 0 aliphatic rings. The van der Waals surface area contributed by atoms with Crippen LogP contribution in [-0.4, -0.2) is 21.4 Å². The zero-order valence-corrected chi connectivity index (χ0v) is 18.1. The summed E-state index contributed by atoms with van der Waals surface area (Å²) in [5.41, 5.74) is 3.91. The molecule has 144 valence electrons. The number of rotatable bonds is 7. The smallest absolute Gasteiger partial charge is 0.238 e. The van der Waals surface area contributed by atoms with Crippen molar-refractivity contribution in [3.8, 4) is 6.07 Å². The van der Waals surface area contributed by atoms with Gasteiger partial charge < -0.3 is 10.6 Å². The molecule has 2 heterocycles. The predicted octanol–water partition coefficient (Wildman–Crippen LogP) is 5.21. The molecule has 3 aromatic rings. The molecule has 1 aromatic carbocycles. The van der Waals surface area contributed by atoms with Crippen LogP contribution in [0, 0.1) is 18.3 Å². The van der Waals surface area contributed by atoms with Crippen molar-refractivity contribution in [2.75, 3.05) is 10.6 Å². The van der Waals surface area contributed by atoms with E-state index in [1.54, 1.807) is 11.4 Å². The van der Waals surface area contributed by atoms with Gasteiger partial charge in [0.1, 0.15) is 11.1 Å². The molecule has 1 atom stereocenters. The van der Waals surface area contributed by atoms with Gasteiger partial charge in [-0.3, -0.25) is 4.79 Å². The Morgan fingerprint density at radius 1 is 1.36 bits per heavy atom. The third-order valence-corrected chi connectivity index (χ3v) is 6.90. The third kappa shape index (κ3) is 4.70. The van der Waals surface area contributed by atoms with E-state index in [0.29, 0.717) is 20.0 Å². The van der Waals surface area contributed by atoms with Crippen LogP contribution in [0.1, 0.15) is 30.5 Å². The van der Waals surface area contributed by atoms with E-state index < -0.39 is 0 Å². The summed E-state index contributed by atoms with van der Waals surface area (Å²) in [7, 11) is 0. The van der Waals surface area contributed by atoms with E-state index in [1.165, 1.54) is 40.0 Å². The van der Waals surface area contributed by atoms with Crippen molar-refractivity contribution >= 4 is 56.2 Å². The molecule has 0 aliphatic heterocycles. The SMILES string of the molecule is CCc1cccc(C)c1Nc1nnc(SC(C)C(=O)Nc2sccc2C#N)s1. The molecule has 0 saturated carbocycles. The molecule has 0 aliphatic carbocycles. The topological polar surface area (TPSA) is 90.7 Å². The molecule has 28 heavy (non-hydrogen) atoms. The highest BCUT2D eigenvalue weighted by Crippen LogP contribution is 2.33. The fourth-order valence-corrected chi connectivity index (χ4v) is 5.17. The number of amides is 1. The fraction of sp³-hybridized carbons (Fsp3) is 0.263. The van der Waals surface area contributed by atoms with Gasteiger partial charge in [0.25, 0.3) is 0 Å². The van der Waals surface area contributed by atoms with Crippen LogP contribution < -0.4 is 10.6 Å². The Kier molecular flexibility index (Phi) is 6.67. The van der Waals surface area contributed by atoms with Crippen LogP contribution in [0.3, 0.4) is 0 Å². The number of anilines is 3. The zero-order chi connectivity index (χ0) is 20.1. The van der Waals surface area contributed by atoms with E-state index in [2.05, 4.69) is 52.9 Å². The second-order valence-electron chi connectivity index (χ2n) is 5.99. The van der Waals surface area contributed by atoms with Crippen molar-refractivity contribution in [2.45, 2.75) is 36.8 Å². The molecule has 0 fully saturated rings. The molecule has 0 bridgehead atoms. The van der Waals surface area contributed by atoms with Crippen molar-refractivity contribution in [3.63, 3.8) is 0 Å². The molecule has 9 heteroatoms. The van der Waals surface area contributed by atoms with Gasteiger partial charge >= 0.3 is 0 Å². The number of carbonyl (C=O) groups excluding carboxylic acids is 1. The maximum absolute atomic E-state index is 12.4. The highest BCUT2D eigenvalue weighted by atomic mass is 32.2. The quantitative estimate of drug-likeness (QED) is 0.501. The Bertz CT molecular complexity index is 1020. The lowest BCUT2D eigenvalue weighted by atomic mass is 10.1. The summed E-state index contributed by atoms with van der Waals surface area (Å²) < 4.78 is 0.712. The molecule has 0 saturated heterocycles. The molecule has 0 radical (unpaired) electrons. The average Bonchev–Trinajstić information content (AvgIpc) is 3.32. The van der Waals surface area contributed by atoms with E-state index in [-0.39, 0.29) is 11.2 Å². The lowest BCUT2D eigenvalue weighted by Gasteiger charge is -2.11. The van der Waals surface area contributed by atoms with Gasteiger partial charge in [-0.2, -0.15) is 5.26 Å². The minimum Gasteiger partial charge on any atom is -0.330 e. The first-order valence-electron chi connectivity index (χ1n) is 8.66. The molecule has 3 rings (SSSR count). The second kappa shape index (κ2) is 9.19.